The highest BCUT2D eigenvalue weighted by atomic mass is 35.5. The van der Waals surface area contributed by atoms with Gasteiger partial charge in [-0.3, -0.25) is 14.2 Å². The van der Waals surface area contributed by atoms with Crippen LogP contribution >= 0.6 is 11.6 Å². The van der Waals surface area contributed by atoms with Gasteiger partial charge in [0.2, 0.25) is 0 Å². The molecule has 0 aliphatic heterocycles. The zero-order chi connectivity index (χ0) is 22.4. The van der Waals surface area contributed by atoms with Crippen molar-refractivity contribution in [2.75, 3.05) is 0 Å². The van der Waals surface area contributed by atoms with Crippen molar-refractivity contribution in [2.24, 2.45) is 0 Å². The number of rotatable bonds is 4. The first-order valence-electron chi connectivity index (χ1n) is 8.57. The van der Waals surface area contributed by atoms with Crippen molar-refractivity contribution in [3.63, 3.8) is 0 Å². The van der Waals surface area contributed by atoms with Gasteiger partial charge in [0.1, 0.15) is 11.5 Å². The fourth-order valence-corrected chi connectivity index (χ4v) is 3.47. The molecule has 1 heterocycles. The molecule has 10 heteroatoms. The van der Waals surface area contributed by atoms with Crippen LogP contribution < -0.4 is 4.74 Å². The van der Waals surface area contributed by atoms with E-state index in [0.717, 1.165) is 24.3 Å². The van der Waals surface area contributed by atoms with Crippen molar-refractivity contribution >= 4 is 34.4 Å². The van der Waals surface area contributed by atoms with E-state index in [9.17, 15) is 33.0 Å². The summed E-state index contributed by atoms with van der Waals surface area (Å²) < 4.78 is 42.0. The minimum absolute atomic E-state index is 0.0440. The average Bonchev–Trinajstić information content (AvgIpc) is 2.91. The van der Waals surface area contributed by atoms with Crippen LogP contribution in [0, 0.1) is 6.92 Å². The fraction of sp³-hybridized carbons (Fsp3) is 0.200. The van der Waals surface area contributed by atoms with Crippen molar-refractivity contribution in [1.29, 1.82) is 0 Å². The Morgan fingerprint density at radius 3 is 2.30 bits per heavy atom. The molecule has 2 N–H and O–H groups in total. The van der Waals surface area contributed by atoms with Crippen LogP contribution in [-0.4, -0.2) is 33.0 Å². The summed E-state index contributed by atoms with van der Waals surface area (Å²) in [6, 6.07) is 6.94. The van der Waals surface area contributed by atoms with Crippen LogP contribution in [0.25, 0.3) is 10.9 Å². The first-order valence-corrected chi connectivity index (χ1v) is 8.95. The van der Waals surface area contributed by atoms with Gasteiger partial charge >= 0.3 is 12.3 Å². The van der Waals surface area contributed by atoms with Gasteiger partial charge in [0.15, 0.2) is 0 Å². The molecule has 2 aromatic carbocycles. The SMILES string of the molecule is Cc1c(C(C)C(=O)O)c2cc(O)c(Cl)cc2n1C(=O)c1ccc(OC(F)(F)F)cc1. The minimum atomic E-state index is -4.86. The summed E-state index contributed by atoms with van der Waals surface area (Å²) in [5.74, 6) is -3.50. The maximum Gasteiger partial charge on any atom is 0.573 e. The van der Waals surface area contributed by atoms with Crippen LogP contribution in [0.1, 0.15) is 34.5 Å². The summed E-state index contributed by atoms with van der Waals surface area (Å²) >= 11 is 5.98. The molecule has 0 saturated carbocycles. The van der Waals surface area contributed by atoms with Crippen LogP contribution in [0.4, 0.5) is 13.2 Å². The maximum atomic E-state index is 13.1. The molecule has 30 heavy (non-hydrogen) atoms. The molecule has 6 nitrogen and oxygen atoms in total. The van der Waals surface area contributed by atoms with Gasteiger partial charge < -0.3 is 14.9 Å². The van der Waals surface area contributed by atoms with Crippen molar-refractivity contribution in [3.05, 3.63) is 58.2 Å². The lowest BCUT2D eigenvalue weighted by Crippen LogP contribution is -2.17. The molecule has 0 bridgehead atoms. The van der Waals surface area contributed by atoms with E-state index in [4.69, 9.17) is 11.6 Å². The molecular formula is C20H15ClF3NO5. The van der Waals surface area contributed by atoms with Gasteiger partial charge in [-0.05, 0) is 55.8 Å². The number of benzene rings is 2. The molecule has 3 aromatic rings. The number of carbonyl (C=O) groups is 2. The smallest absolute Gasteiger partial charge is 0.506 e. The monoisotopic (exact) mass is 441 g/mol. The number of hydrogen-bond donors (Lipinski definition) is 2. The Bertz CT molecular complexity index is 1150. The molecule has 0 spiro atoms. The summed E-state index contributed by atoms with van der Waals surface area (Å²) in [6.07, 6.45) is -4.86. The summed E-state index contributed by atoms with van der Waals surface area (Å²) in [6.45, 7) is 2.98. The van der Waals surface area contributed by atoms with Crippen LogP contribution in [0.3, 0.4) is 0 Å². The molecule has 0 radical (unpaired) electrons. The van der Waals surface area contributed by atoms with E-state index in [1.165, 1.54) is 23.6 Å². The number of carbonyl (C=O) groups excluding carboxylic acids is 1. The van der Waals surface area contributed by atoms with Crippen LogP contribution in [0.2, 0.25) is 5.02 Å². The quantitative estimate of drug-likeness (QED) is 0.589. The summed E-state index contributed by atoms with van der Waals surface area (Å²) in [5, 5.41) is 19.7. The van der Waals surface area contributed by atoms with Gasteiger partial charge in [0, 0.05) is 16.6 Å². The molecule has 0 fully saturated rings. The number of fused-ring (bicyclic) bond motifs is 1. The highest BCUT2D eigenvalue weighted by Crippen LogP contribution is 2.38. The Labute approximate surface area is 173 Å². The third-order valence-corrected chi connectivity index (χ3v) is 4.97. The Morgan fingerprint density at radius 1 is 1.17 bits per heavy atom. The second-order valence-electron chi connectivity index (χ2n) is 6.59. The Kier molecular flexibility index (Phi) is 5.42. The van der Waals surface area contributed by atoms with Crippen molar-refractivity contribution in [3.8, 4) is 11.5 Å². The molecule has 1 unspecified atom stereocenters. The van der Waals surface area contributed by atoms with E-state index in [-0.39, 0.29) is 21.9 Å². The largest absolute Gasteiger partial charge is 0.573 e. The highest BCUT2D eigenvalue weighted by Gasteiger charge is 2.31. The van der Waals surface area contributed by atoms with E-state index in [2.05, 4.69) is 4.74 Å². The predicted molar refractivity (Wildman–Crippen MR) is 102 cm³/mol. The molecule has 0 aliphatic rings. The van der Waals surface area contributed by atoms with Crippen molar-refractivity contribution < 1.29 is 37.7 Å². The number of halogens is 4. The Morgan fingerprint density at radius 2 is 1.77 bits per heavy atom. The van der Waals surface area contributed by atoms with Gasteiger partial charge in [-0.1, -0.05) is 11.6 Å². The molecule has 3 rings (SSSR count). The number of ether oxygens (including phenoxy) is 1. The Hall–Kier alpha value is -3.20. The van der Waals surface area contributed by atoms with Crippen molar-refractivity contribution in [1.82, 2.24) is 4.57 Å². The predicted octanol–water partition coefficient (Wildman–Crippen LogP) is 5.08. The molecule has 158 valence electrons. The Balaban J connectivity index is 2.15. The number of aliphatic carboxylic acids is 1. The normalized spacial score (nSPS) is 12.7. The molecule has 1 aromatic heterocycles. The minimum Gasteiger partial charge on any atom is -0.506 e. The second kappa shape index (κ2) is 7.56. The average molecular weight is 442 g/mol. The molecule has 0 aliphatic carbocycles. The number of phenolic OH excluding ortho intramolecular Hbond substituents is 1. The number of carboxylic acids is 1. The van der Waals surface area contributed by atoms with Gasteiger partial charge in [0.05, 0.1) is 16.5 Å². The number of nitrogens with zero attached hydrogens (tertiary/aromatic N) is 1. The lowest BCUT2D eigenvalue weighted by atomic mass is 9.98. The maximum absolute atomic E-state index is 13.1. The van der Waals surface area contributed by atoms with Crippen molar-refractivity contribution in [2.45, 2.75) is 26.1 Å². The topological polar surface area (TPSA) is 88.8 Å². The number of carboxylic acid groups (broad SMARTS) is 1. The van der Waals surface area contributed by atoms with Gasteiger partial charge in [-0.15, -0.1) is 13.2 Å². The number of alkyl halides is 3. The number of aromatic nitrogens is 1. The standard InChI is InChI=1S/C20H15ClF3NO5/c1-9(19(28)29)17-10(2)25(15-8-14(21)16(26)7-13(15)17)18(27)11-3-5-12(6-4-11)30-20(22,23)24/h3-9,26H,1-2H3,(H,28,29). The van der Waals surface area contributed by atoms with Gasteiger partial charge in [-0.25, -0.2) is 0 Å². The first-order chi connectivity index (χ1) is 13.9. The van der Waals surface area contributed by atoms with Gasteiger partial charge in [-0.2, -0.15) is 0 Å². The molecule has 0 saturated heterocycles. The third kappa shape index (κ3) is 3.93. The highest BCUT2D eigenvalue weighted by molar-refractivity contribution is 6.33. The van der Waals surface area contributed by atoms with E-state index >= 15 is 0 Å². The summed E-state index contributed by atoms with van der Waals surface area (Å²) in [4.78, 5) is 24.7. The zero-order valence-electron chi connectivity index (χ0n) is 15.6. The van der Waals surface area contributed by atoms with Crippen LogP contribution in [0.15, 0.2) is 36.4 Å². The van der Waals surface area contributed by atoms with E-state index in [0.29, 0.717) is 16.6 Å². The number of hydrogen-bond acceptors (Lipinski definition) is 4. The van der Waals surface area contributed by atoms with Crippen LogP contribution in [-0.2, 0) is 4.79 Å². The first kappa shape index (κ1) is 21.5. The third-order valence-electron chi connectivity index (χ3n) is 4.66. The molecule has 1 atom stereocenters. The number of aromatic hydroxyl groups is 1. The fourth-order valence-electron chi connectivity index (χ4n) is 3.31. The van der Waals surface area contributed by atoms with E-state index in [1.54, 1.807) is 6.92 Å². The van der Waals surface area contributed by atoms with Crippen LogP contribution in [0.5, 0.6) is 11.5 Å². The van der Waals surface area contributed by atoms with Gasteiger partial charge in [0.25, 0.3) is 5.91 Å². The summed E-state index contributed by atoms with van der Waals surface area (Å²) in [7, 11) is 0. The zero-order valence-corrected chi connectivity index (χ0v) is 16.4. The number of phenols is 1. The lowest BCUT2D eigenvalue weighted by molar-refractivity contribution is -0.274. The molecule has 0 amide bonds. The second-order valence-corrected chi connectivity index (χ2v) is 7.00. The molecular weight excluding hydrogens is 427 g/mol. The van der Waals surface area contributed by atoms with E-state index < -0.39 is 29.9 Å². The van der Waals surface area contributed by atoms with E-state index in [1.807, 2.05) is 0 Å². The summed E-state index contributed by atoms with van der Waals surface area (Å²) in [5.41, 5.74) is 0.930. The lowest BCUT2D eigenvalue weighted by Gasteiger charge is -2.11.